The Kier molecular flexibility index (Phi) is 5.87. The molecule has 0 aliphatic heterocycles. The lowest BCUT2D eigenvalue weighted by atomic mass is 10.1. The zero-order valence-corrected chi connectivity index (χ0v) is 10.5. The quantitative estimate of drug-likeness (QED) is 0.638. The van der Waals surface area contributed by atoms with Gasteiger partial charge in [0.05, 0.1) is 0 Å². The fourth-order valence-corrected chi connectivity index (χ4v) is 1.41. The monoisotopic (exact) mass is 249 g/mol. The van der Waals surface area contributed by atoms with Crippen molar-refractivity contribution < 1.29 is 9.59 Å². The highest BCUT2D eigenvalue weighted by Crippen LogP contribution is 2.04. The molecule has 0 atom stereocenters. The minimum absolute atomic E-state index is 0.0707. The first-order chi connectivity index (χ1) is 8.63. The van der Waals surface area contributed by atoms with Crippen molar-refractivity contribution >= 4 is 11.8 Å². The molecule has 0 saturated heterocycles. The van der Waals surface area contributed by atoms with Gasteiger partial charge in [-0.25, -0.2) is 0 Å². The van der Waals surface area contributed by atoms with Gasteiger partial charge < -0.3 is 16.4 Å². The van der Waals surface area contributed by atoms with Gasteiger partial charge in [0.25, 0.3) is 5.91 Å². The number of nitrogens with two attached hydrogens (primary N) is 1. The van der Waals surface area contributed by atoms with Crippen LogP contribution in [-0.4, -0.2) is 24.9 Å². The number of hydrogen-bond donors (Lipinski definition) is 3. The number of nitrogens with one attached hydrogen (secondary N) is 2. The van der Waals surface area contributed by atoms with Gasteiger partial charge in [0.1, 0.15) is 0 Å². The molecule has 0 heterocycles. The summed E-state index contributed by atoms with van der Waals surface area (Å²) in [5.74, 6) is -0.173. The highest BCUT2D eigenvalue weighted by molar-refractivity contribution is 5.94. The second-order valence-corrected chi connectivity index (χ2v) is 4.00. The molecule has 0 fully saturated rings. The number of benzene rings is 1. The molecule has 0 spiro atoms. The zero-order valence-electron chi connectivity index (χ0n) is 10.5. The van der Waals surface area contributed by atoms with Crippen LogP contribution in [0, 0.1) is 0 Å². The van der Waals surface area contributed by atoms with Crippen molar-refractivity contribution in [1.29, 1.82) is 0 Å². The number of hydrogen-bond acceptors (Lipinski definition) is 3. The van der Waals surface area contributed by atoms with Crippen molar-refractivity contribution in [3.63, 3.8) is 0 Å². The molecule has 0 unspecified atom stereocenters. The van der Waals surface area contributed by atoms with Crippen LogP contribution in [0.5, 0.6) is 0 Å². The summed E-state index contributed by atoms with van der Waals surface area (Å²) in [6.45, 7) is 3.10. The molecule has 0 radical (unpaired) electrons. The maximum absolute atomic E-state index is 11.7. The Morgan fingerprint density at radius 1 is 1.17 bits per heavy atom. The van der Waals surface area contributed by atoms with Crippen LogP contribution < -0.4 is 16.4 Å². The van der Waals surface area contributed by atoms with E-state index in [1.54, 1.807) is 12.1 Å². The Balaban J connectivity index is 2.48. The molecule has 0 aromatic heterocycles. The number of amides is 2. The Hall–Kier alpha value is -1.88. The van der Waals surface area contributed by atoms with E-state index in [1.807, 2.05) is 12.1 Å². The van der Waals surface area contributed by atoms with Gasteiger partial charge >= 0.3 is 0 Å². The fraction of sp³-hybridized carbons (Fsp3) is 0.385. The van der Waals surface area contributed by atoms with Crippen LogP contribution in [0.25, 0.3) is 0 Å². The van der Waals surface area contributed by atoms with Gasteiger partial charge in [0.15, 0.2) is 0 Å². The minimum Gasteiger partial charge on any atom is -0.352 e. The van der Waals surface area contributed by atoms with Crippen molar-refractivity contribution in [1.82, 2.24) is 10.6 Å². The summed E-state index contributed by atoms with van der Waals surface area (Å²) in [5, 5.41) is 5.48. The van der Waals surface area contributed by atoms with Gasteiger partial charge in [-0.15, -0.1) is 0 Å². The third kappa shape index (κ3) is 4.97. The Morgan fingerprint density at radius 3 is 2.39 bits per heavy atom. The molecule has 18 heavy (non-hydrogen) atoms. The van der Waals surface area contributed by atoms with Crippen molar-refractivity contribution in [2.75, 3.05) is 13.1 Å². The first kappa shape index (κ1) is 14.2. The van der Waals surface area contributed by atoms with Crippen LogP contribution in [0.2, 0.25) is 0 Å². The van der Waals surface area contributed by atoms with Crippen LogP contribution in [0.3, 0.4) is 0 Å². The van der Waals surface area contributed by atoms with E-state index in [4.69, 9.17) is 5.73 Å². The van der Waals surface area contributed by atoms with Crippen molar-refractivity contribution in [2.24, 2.45) is 5.73 Å². The first-order valence-corrected chi connectivity index (χ1v) is 5.95. The Labute approximate surface area is 107 Å². The topological polar surface area (TPSA) is 84.2 Å². The summed E-state index contributed by atoms with van der Waals surface area (Å²) in [6, 6.07) is 7.14. The van der Waals surface area contributed by atoms with Gasteiger partial charge in [-0.3, -0.25) is 9.59 Å². The van der Waals surface area contributed by atoms with Crippen LogP contribution in [0.15, 0.2) is 24.3 Å². The molecule has 0 aliphatic carbocycles. The van der Waals surface area contributed by atoms with Crippen LogP contribution in [-0.2, 0) is 11.3 Å². The van der Waals surface area contributed by atoms with Crippen LogP contribution in [0.4, 0.5) is 0 Å². The van der Waals surface area contributed by atoms with E-state index in [1.165, 1.54) is 6.92 Å². The first-order valence-electron chi connectivity index (χ1n) is 5.95. The molecule has 0 bridgehead atoms. The minimum atomic E-state index is -0.102. The Morgan fingerprint density at radius 2 is 1.83 bits per heavy atom. The summed E-state index contributed by atoms with van der Waals surface area (Å²) in [5.41, 5.74) is 6.92. The van der Waals surface area contributed by atoms with Crippen molar-refractivity contribution in [3.05, 3.63) is 35.4 Å². The number of rotatable bonds is 6. The third-order valence-electron chi connectivity index (χ3n) is 2.42. The second-order valence-electron chi connectivity index (χ2n) is 4.00. The van der Waals surface area contributed by atoms with E-state index in [0.29, 0.717) is 25.2 Å². The summed E-state index contributed by atoms with van der Waals surface area (Å²) in [6.07, 6.45) is 0.770. The van der Waals surface area contributed by atoms with Gasteiger partial charge in [-0.2, -0.15) is 0 Å². The van der Waals surface area contributed by atoms with E-state index >= 15 is 0 Å². The average molecular weight is 249 g/mol. The molecule has 0 aliphatic rings. The van der Waals surface area contributed by atoms with E-state index < -0.39 is 0 Å². The molecule has 1 aromatic rings. The summed E-state index contributed by atoms with van der Waals surface area (Å²) < 4.78 is 0. The van der Waals surface area contributed by atoms with Crippen LogP contribution in [0.1, 0.15) is 29.3 Å². The second kappa shape index (κ2) is 7.45. The van der Waals surface area contributed by atoms with Crippen molar-refractivity contribution in [2.45, 2.75) is 19.9 Å². The van der Waals surface area contributed by atoms with Gasteiger partial charge in [-0.1, -0.05) is 12.1 Å². The molecule has 5 nitrogen and oxygen atoms in total. The maximum Gasteiger partial charge on any atom is 0.251 e. The van der Waals surface area contributed by atoms with Crippen LogP contribution >= 0.6 is 0 Å². The fourth-order valence-electron chi connectivity index (χ4n) is 1.41. The molecular formula is C13H19N3O2. The van der Waals surface area contributed by atoms with Gasteiger partial charge in [-0.05, 0) is 30.7 Å². The third-order valence-corrected chi connectivity index (χ3v) is 2.42. The van der Waals surface area contributed by atoms with Gasteiger partial charge in [0, 0.05) is 25.6 Å². The molecule has 1 rings (SSSR count). The van der Waals surface area contributed by atoms with E-state index in [9.17, 15) is 9.59 Å². The smallest absolute Gasteiger partial charge is 0.251 e. The summed E-state index contributed by atoms with van der Waals surface area (Å²) in [4.78, 5) is 22.4. The number of carbonyl (C=O) groups is 2. The van der Waals surface area contributed by atoms with Gasteiger partial charge in [0.2, 0.25) is 5.91 Å². The number of carbonyl (C=O) groups excluding carboxylic acids is 2. The summed E-state index contributed by atoms with van der Waals surface area (Å²) >= 11 is 0. The SMILES string of the molecule is CC(=O)NCc1ccc(C(=O)NCCCN)cc1. The standard InChI is InChI=1S/C13H19N3O2/c1-10(17)16-9-11-3-5-12(6-4-11)13(18)15-8-2-7-14/h3-6H,2,7-9,14H2,1H3,(H,15,18)(H,16,17). The predicted octanol–water partition coefficient (Wildman–Crippen LogP) is 0.401. The predicted molar refractivity (Wildman–Crippen MR) is 70.0 cm³/mol. The molecule has 0 saturated carbocycles. The normalized spacial score (nSPS) is 9.89. The summed E-state index contributed by atoms with van der Waals surface area (Å²) in [7, 11) is 0. The van der Waals surface area contributed by atoms with E-state index in [0.717, 1.165) is 12.0 Å². The highest BCUT2D eigenvalue weighted by Gasteiger charge is 2.04. The molecule has 5 heteroatoms. The average Bonchev–Trinajstić information content (AvgIpc) is 2.37. The maximum atomic E-state index is 11.7. The lowest BCUT2D eigenvalue weighted by Crippen LogP contribution is -2.26. The molecule has 1 aromatic carbocycles. The zero-order chi connectivity index (χ0) is 13.4. The van der Waals surface area contributed by atoms with E-state index in [2.05, 4.69) is 10.6 Å². The molecule has 2 amide bonds. The van der Waals surface area contributed by atoms with Crippen molar-refractivity contribution in [3.8, 4) is 0 Å². The Bertz CT molecular complexity index is 401. The largest absolute Gasteiger partial charge is 0.352 e. The molecule has 98 valence electrons. The lowest BCUT2D eigenvalue weighted by molar-refractivity contribution is -0.119. The molecule has 4 N–H and O–H groups in total. The van der Waals surface area contributed by atoms with E-state index in [-0.39, 0.29) is 11.8 Å². The lowest BCUT2D eigenvalue weighted by Gasteiger charge is -2.06. The molecular weight excluding hydrogens is 230 g/mol. The highest BCUT2D eigenvalue weighted by atomic mass is 16.2.